The van der Waals surface area contributed by atoms with Gasteiger partial charge in [-0.05, 0) is 24.5 Å². The Morgan fingerprint density at radius 1 is 1.27 bits per heavy atom. The van der Waals surface area contributed by atoms with E-state index in [2.05, 4.69) is 27.1 Å². The number of aromatic nitrogens is 2. The van der Waals surface area contributed by atoms with Crippen LogP contribution in [0.5, 0.6) is 0 Å². The van der Waals surface area contributed by atoms with Crippen molar-refractivity contribution in [3.63, 3.8) is 0 Å². The van der Waals surface area contributed by atoms with E-state index in [1.807, 2.05) is 13.8 Å². The summed E-state index contributed by atoms with van der Waals surface area (Å²) < 4.78 is 14.7. The molecule has 178 valence electrons. The Kier molecular flexibility index (Phi) is 7.16. The zero-order valence-corrected chi connectivity index (χ0v) is 20.0. The molecule has 4 rings (SSSR count). The number of carbonyl (C=O) groups excluding carboxylic acids is 1. The first-order valence-corrected chi connectivity index (χ1v) is 11.9. The Bertz CT molecular complexity index is 1010. The topological polar surface area (TPSA) is 81.6 Å². The maximum Gasteiger partial charge on any atom is 0.231 e. The molecular formula is C24H31ClFN5O2. The Balaban J connectivity index is 1.50. The normalized spacial score (nSPS) is 21.4. The van der Waals surface area contributed by atoms with E-state index >= 15 is 0 Å². The lowest BCUT2D eigenvalue weighted by Crippen LogP contribution is -2.51. The molecule has 1 aromatic carbocycles. The first-order valence-electron chi connectivity index (χ1n) is 11.5. The zero-order valence-electron chi connectivity index (χ0n) is 19.3. The Morgan fingerprint density at radius 3 is 2.67 bits per heavy atom. The number of amides is 1. The number of anilines is 1. The maximum absolute atomic E-state index is 14.7. The van der Waals surface area contributed by atoms with Crippen LogP contribution in [0.4, 0.5) is 10.2 Å². The van der Waals surface area contributed by atoms with E-state index in [0.717, 1.165) is 11.4 Å². The second-order valence-corrected chi connectivity index (χ2v) is 9.68. The number of hydrogen-bond acceptors (Lipinski definition) is 6. The van der Waals surface area contributed by atoms with Crippen molar-refractivity contribution in [3.05, 3.63) is 52.2 Å². The fourth-order valence-electron chi connectivity index (χ4n) is 4.78. The molecule has 2 heterocycles. The predicted molar refractivity (Wildman–Crippen MR) is 126 cm³/mol. The minimum atomic E-state index is -0.630. The van der Waals surface area contributed by atoms with E-state index in [1.54, 1.807) is 17.0 Å². The van der Waals surface area contributed by atoms with Crippen LogP contribution in [0.2, 0.25) is 5.02 Å². The summed E-state index contributed by atoms with van der Waals surface area (Å²) in [5, 5.41) is 13.9. The third kappa shape index (κ3) is 4.98. The molecule has 3 atom stereocenters. The van der Waals surface area contributed by atoms with Crippen molar-refractivity contribution in [1.29, 1.82) is 0 Å². The summed E-state index contributed by atoms with van der Waals surface area (Å²) >= 11 is 5.93. The number of carbonyl (C=O) groups is 1. The van der Waals surface area contributed by atoms with Crippen LogP contribution >= 0.6 is 11.6 Å². The number of nitrogens with zero attached hydrogens (tertiary/aromatic N) is 4. The Labute approximate surface area is 199 Å². The molecule has 7 nitrogen and oxygen atoms in total. The van der Waals surface area contributed by atoms with Crippen LogP contribution in [0.1, 0.15) is 62.0 Å². The highest BCUT2D eigenvalue weighted by atomic mass is 35.5. The number of fused-ring (bicyclic) bond motifs is 1. The Hall–Kier alpha value is -2.29. The summed E-state index contributed by atoms with van der Waals surface area (Å²) in [6, 6.07) is 4.66. The number of nitrogens with one attached hydrogen (secondary N) is 1. The lowest BCUT2D eigenvalue weighted by Gasteiger charge is -2.38. The molecule has 0 saturated carbocycles. The summed E-state index contributed by atoms with van der Waals surface area (Å²) in [6.07, 6.45) is 1.60. The molecule has 2 aromatic rings. The SMILES string of the molecule is CC(C)NCC(C(=O)N1CCN(c2ncnc3c2[C@H](C)C[C@H]3O)CC1)c1ccc(Cl)cc1F. The number of aliphatic hydroxyl groups is 1. The van der Waals surface area contributed by atoms with Crippen LogP contribution in [0.3, 0.4) is 0 Å². The molecule has 0 spiro atoms. The van der Waals surface area contributed by atoms with Gasteiger partial charge in [0.2, 0.25) is 5.91 Å². The number of rotatable bonds is 6. The number of benzene rings is 1. The van der Waals surface area contributed by atoms with Crippen molar-refractivity contribution in [1.82, 2.24) is 20.2 Å². The van der Waals surface area contributed by atoms with E-state index < -0.39 is 17.8 Å². The summed E-state index contributed by atoms with van der Waals surface area (Å²) in [5.74, 6) is -0.160. The van der Waals surface area contributed by atoms with Crippen LogP contribution in [0.15, 0.2) is 24.5 Å². The third-order valence-corrected chi connectivity index (χ3v) is 6.77. The zero-order chi connectivity index (χ0) is 23.7. The second kappa shape index (κ2) is 9.91. The van der Waals surface area contributed by atoms with Crippen molar-refractivity contribution in [2.75, 3.05) is 37.6 Å². The van der Waals surface area contributed by atoms with Gasteiger partial charge in [-0.3, -0.25) is 4.79 Å². The van der Waals surface area contributed by atoms with Gasteiger partial charge in [-0.1, -0.05) is 38.4 Å². The fourth-order valence-corrected chi connectivity index (χ4v) is 4.94. The molecule has 2 aliphatic rings. The largest absolute Gasteiger partial charge is 0.387 e. The fraction of sp³-hybridized carbons (Fsp3) is 0.542. The molecule has 1 fully saturated rings. The van der Waals surface area contributed by atoms with Gasteiger partial charge < -0.3 is 20.2 Å². The van der Waals surface area contributed by atoms with Gasteiger partial charge in [-0.2, -0.15) is 0 Å². The van der Waals surface area contributed by atoms with E-state index in [-0.39, 0.29) is 17.9 Å². The molecule has 1 aliphatic heterocycles. The van der Waals surface area contributed by atoms with Crippen molar-refractivity contribution in [3.8, 4) is 0 Å². The van der Waals surface area contributed by atoms with Crippen LogP contribution in [0, 0.1) is 5.82 Å². The predicted octanol–water partition coefficient (Wildman–Crippen LogP) is 3.24. The molecule has 2 N–H and O–H groups in total. The highest BCUT2D eigenvalue weighted by Gasteiger charge is 2.35. The number of hydrogen-bond donors (Lipinski definition) is 2. The smallest absolute Gasteiger partial charge is 0.231 e. The number of halogens is 2. The molecule has 0 bridgehead atoms. The molecule has 33 heavy (non-hydrogen) atoms. The highest BCUT2D eigenvalue weighted by molar-refractivity contribution is 6.30. The maximum atomic E-state index is 14.7. The molecular weight excluding hydrogens is 445 g/mol. The lowest BCUT2D eigenvalue weighted by atomic mass is 9.96. The lowest BCUT2D eigenvalue weighted by molar-refractivity contribution is -0.133. The van der Waals surface area contributed by atoms with Crippen LogP contribution in [0.25, 0.3) is 0 Å². The summed E-state index contributed by atoms with van der Waals surface area (Å²) in [4.78, 5) is 26.2. The van der Waals surface area contributed by atoms with Gasteiger partial charge in [0, 0.05) is 54.9 Å². The third-order valence-electron chi connectivity index (χ3n) is 6.54. The van der Waals surface area contributed by atoms with Crippen molar-refractivity contribution >= 4 is 23.3 Å². The summed E-state index contributed by atoms with van der Waals surface area (Å²) in [6.45, 7) is 8.69. The van der Waals surface area contributed by atoms with Gasteiger partial charge in [-0.25, -0.2) is 14.4 Å². The minimum Gasteiger partial charge on any atom is -0.387 e. The molecule has 1 unspecified atom stereocenters. The summed E-state index contributed by atoms with van der Waals surface area (Å²) in [7, 11) is 0. The highest BCUT2D eigenvalue weighted by Crippen LogP contribution is 2.42. The van der Waals surface area contributed by atoms with E-state index in [4.69, 9.17) is 11.6 Å². The van der Waals surface area contributed by atoms with Gasteiger partial charge in [0.15, 0.2) is 0 Å². The van der Waals surface area contributed by atoms with Gasteiger partial charge in [0.25, 0.3) is 0 Å². The molecule has 1 saturated heterocycles. The van der Waals surface area contributed by atoms with Crippen LogP contribution in [-0.4, -0.2) is 64.6 Å². The average Bonchev–Trinajstić information content (AvgIpc) is 3.08. The van der Waals surface area contributed by atoms with Crippen molar-refractivity contribution in [2.45, 2.75) is 51.2 Å². The quantitative estimate of drug-likeness (QED) is 0.667. The average molecular weight is 476 g/mol. The van der Waals surface area contributed by atoms with Crippen molar-refractivity contribution < 1.29 is 14.3 Å². The Morgan fingerprint density at radius 2 is 2.00 bits per heavy atom. The molecule has 0 radical (unpaired) electrons. The number of piperazine rings is 1. The minimum absolute atomic E-state index is 0.0965. The van der Waals surface area contributed by atoms with Gasteiger partial charge in [0.1, 0.15) is 18.0 Å². The van der Waals surface area contributed by atoms with Crippen molar-refractivity contribution in [2.24, 2.45) is 0 Å². The monoisotopic (exact) mass is 475 g/mol. The molecule has 1 aliphatic carbocycles. The van der Waals surface area contributed by atoms with E-state index in [0.29, 0.717) is 55.4 Å². The van der Waals surface area contributed by atoms with Crippen LogP contribution < -0.4 is 10.2 Å². The van der Waals surface area contributed by atoms with Crippen LogP contribution in [-0.2, 0) is 4.79 Å². The summed E-state index contributed by atoms with van der Waals surface area (Å²) in [5.41, 5.74) is 2.08. The van der Waals surface area contributed by atoms with E-state index in [9.17, 15) is 14.3 Å². The molecule has 9 heteroatoms. The first-order chi connectivity index (χ1) is 15.8. The van der Waals surface area contributed by atoms with E-state index in [1.165, 1.54) is 12.4 Å². The number of aliphatic hydroxyl groups excluding tert-OH is 1. The first kappa shape index (κ1) is 23.9. The molecule has 1 aromatic heterocycles. The van der Waals surface area contributed by atoms with Gasteiger partial charge in [0.05, 0.1) is 17.7 Å². The van der Waals surface area contributed by atoms with Gasteiger partial charge in [-0.15, -0.1) is 0 Å². The van der Waals surface area contributed by atoms with Gasteiger partial charge >= 0.3 is 0 Å². The second-order valence-electron chi connectivity index (χ2n) is 9.24. The standard InChI is InChI=1S/C24H31ClFN5O2/c1-14(2)27-12-18(17-5-4-16(25)11-19(17)26)24(33)31-8-6-30(7-9-31)23-21-15(3)10-20(32)22(21)28-13-29-23/h4-5,11,13-15,18,20,27,32H,6-10,12H2,1-3H3/t15-,18?,20-/m1/s1. The molecule has 1 amide bonds.